The van der Waals surface area contributed by atoms with E-state index in [1.54, 1.807) is 25.7 Å². The van der Waals surface area contributed by atoms with Crippen LogP contribution in [0.5, 0.6) is 0 Å². The van der Waals surface area contributed by atoms with E-state index in [0.29, 0.717) is 31.1 Å². The van der Waals surface area contributed by atoms with E-state index in [0.717, 1.165) is 0 Å². The van der Waals surface area contributed by atoms with E-state index in [4.69, 9.17) is 9.84 Å². The first-order valence-corrected chi connectivity index (χ1v) is 7.89. The van der Waals surface area contributed by atoms with Crippen molar-refractivity contribution in [3.63, 3.8) is 0 Å². The highest BCUT2D eigenvalue weighted by Crippen LogP contribution is 2.06. The average molecular weight is 306 g/mol. The lowest BCUT2D eigenvalue weighted by molar-refractivity contribution is -0.128. The van der Waals surface area contributed by atoms with E-state index in [1.807, 2.05) is 6.92 Å². The lowest BCUT2D eigenvalue weighted by Gasteiger charge is -2.20. The Morgan fingerprint density at radius 3 is 2.50 bits per heavy atom. The average Bonchev–Trinajstić information content (AvgIpc) is 2.33. The van der Waals surface area contributed by atoms with E-state index in [-0.39, 0.29) is 12.5 Å². The Bertz CT molecular complexity index is 305. The van der Waals surface area contributed by atoms with Crippen LogP contribution in [0.15, 0.2) is 0 Å². The van der Waals surface area contributed by atoms with Gasteiger partial charge in [0.2, 0.25) is 5.91 Å². The molecule has 0 bridgehead atoms. The Balaban J connectivity index is 3.71. The quantitative estimate of drug-likeness (QED) is 0.656. The molecule has 0 aromatic rings. The van der Waals surface area contributed by atoms with Crippen molar-refractivity contribution < 1.29 is 19.4 Å². The van der Waals surface area contributed by atoms with Crippen molar-refractivity contribution in [1.82, 2.24) is 10.2 Å². The molecule has 118 valence electrons. The molecule has 0 saturated heterocycles. The van der Waals surface area contributed by atoms with Gasteiger partial charge < -0.3 is 20.1 Å². The molecule has 0 rings (SSSR count). The van der Waals surface area contributed by atoms with Crippen molar-refractivity contribution in [2.45, 2.75) is 33.3 Å². The molecule has 0 aliphatic rings. The van der Waals surface area contributed by atoms with Crippen molar-refractivity contribution >= 4 is 23.8 Å². The van der Waals surface area contributed by atoms with E-state index < -0.39 is 11.7 Å². The minimum atomic E-state index is -0.501. The van der Waals surface area contributed by atoms with Crippen molar-refractivity contribution in [3.8, 4) is 0 Å². The van der Waals surface area contributed by atoms with Crippen molar-refractivity contribution in [3.05, 3.63) is 0 Å². The van der Waals surface area contributed by atoms with Crippen LogP contribution in [-0.2, 0) is 9.53 Å². The van der Waals surface area contributed by atoms with Crippen molar-refractivity contribution in [2.24, 2.45) is 0 Å². The second kappa shape index (κ2) is 9.88. The summed E-state index contributed by atoms with van der Waals surface area (Å²) in [5, 5.41) is 11.5. The number of rotatable bonds is 8. The Morgan fingerprint density at radius 1 is 1.35 bits per heavy atom. The molecule has 0 radical (unpaired) electrons. The molecule has 0 unspecified atom stereocenters. The first-order chi connectivity index (χ1) is 9.30. The fourth-order valence-electron chi connectivity index (χ4n) is 1.37. The Kier molecular flexibility index (Phi) is 9.41. The van der Waals surface area contributed by atoms with Gasteiger partial charge in [-0.2, -0.15) is 11.8 Å². The highest BCUT2D eigenvalue weighted by molar-refractivity contribution is 7.99. The summed E-state index contributed by atoms with van der Waals surface area (Å²) in [5.74, 6) is 0.995. The van der Waals surface area contributed by atoms with Crippen LogP contribution >= 0.6 is 11.8 Å². The SMILES string of the molecule is CCN(CCO)C(=O)CSCCNC(=O)OC(C)(C)C. The van der Waals surface area contributed by atoms with Crippen molar-refractivity contribution in [2.75, 3.05) is 37.7 Å². The van der Waals surface area contributed by atoms with E-state index in [1.165, 1.54) is 11.8 Å². The Morgan fingerprint density at radius 2 is 2.00 bits per heavy atom. The second-order valence-electron chi connectivity index (χ2n) is 5.18. The molecular weight excluding hydrogens is 280 g/mol. The normalized spacial score (nSPS) is 11.1. The van der Waals surface area contributed by atoms with E-state index in [9.17, 15) is 9.59 Å². The van der Waals surface area contributed by atoms with Gasteiger partial charge in [-0.05, 0) is 27.7 Å². The molecule has 2 amide bonds. The number of hydrogen-bond donors (Lipinski definition) is 2. The standard InChI is InChI=1S/C13H26N2O4S/c1-5-15(7-8-16)11(17)10-20-9-6-14-12(18)19-13(2,3)4/h16H,5-10H2,1-4H3,(H,14,18). The largest absolute Gasteiger partial charge is 0.444 e. The first-order valence-electron chi connectivity index (χ1n) is 6.73. The van der Waals surface area contributed by atoms with Crippen LogP contribution in [0.4, 0.5) is 4.79 Å². The third-order valence-corrected chi connectivity index (χ3v) is 3.19. The van der Waals surface area contributed by atoms with Gasteiger partial charge in [-0.25, -0.2) is 4.79 Å². The van der Waals surface area contributed by atoms with Crippen LogP contribution in [0.1, 0.15) is 27.7 Å². The number of nitrogens with one attached hydrogen (secondary N) is 1. The number of aliphatic hydroxyl groups is 1. The van der Waals surface area contributed by atoms with Crippen LogP contribution < -0.4 is 5.32 Å². The lowest BCUT2D eigenvalue weighted by Crippen LogP contribution is -2.35. The maximum Gasteiger partial charge on any atom is 0.407 e. The zero-order chi connectivity index (χ0) is 15.6. The molecule has 0 saturated carbocycles. The zero-order valence-electron chi connectivity index (χ0n) is 12.8. The molecule has 0 aromatic carbocycles. The Hall–Kier alpha value is -0.950. The summed E-state index contributed by atoms with van der Waals surface area (Å²) in [7, 11) is 0. The van der Waals surface area contributed by atoms with E-state index >= 15 is 0 Å². The number of nitrogens with zero attached hydrogens (tertiary/aromatic N) is 1. The third kappa shape index (κ3) is 9.91. The van der Waals surface area contributed by atoms with Crippen LogP contribution in [0.25, 0.3) is 0 Å². The second-order valence-corrected chi connectivity index (χ2v) is 6.28. The monoisotopic (exact) mass is 306 g/mol. The third-order valence-electron chi connectivity index (χ3n) is 2.24. The predicted molar refractivity (Wildman–Crippen MR) is 80.9 cm³/mol. The smallest absolute Gasteiger partial charge is 0.407 e. The number of aliphatic hydroxyl groups excluding tert-OH is 1. The molecule has 7 heteroatoms. The summed E-state index contributed by atoms with van der Waals surface area (Å²) >= 11 is 1.45. The summed E-state index contributed by atoms with van der Waals surface area (Å²) in [6.07, 6.45) is -0.445. The summed E-state index contributed by atoms with van der Waals surface area (Å²) in [5.41, 5.74) is -0.501. The maximum atomic E-state index is 11.7. The summed E-state index contributed by atoms with van der Waals surface area (Å²) in [4.78, 5) is 24.7. The highest BCUT2D eigenvalue weighted by atomic mass is 32.2. The summed E-state index contributed by atoms with van der Waals surface area (Å²) in [6, 6.07) is 0. The molecule has 0 aliphatic carbocycles. The summed E-state index contributed by atoms with van der Waals surface area (Å²) in [6.45, 7) is 8.69. The predicted octanol–water partition coefficient (Wildman–Crippen LogP) is 1.09. The van der Waals surface area contributed by atoms with Crippen LogP contribution in [0.2, 0.25) is 0 Å². The van der Waals surface area contributed by atoms with Gasteiger partial charge in [-0.15, -0.1) is 0 Å². The minimum Gasteiger partial charge on any atom is -0.444 e. The molecule has 20 heavy (non-hydrogen) atoms. The molecule has 0 heterocycles. The van der Waals surface area contributed by atoms with Gasteiger partial charge in [-0.1, -0.05) is 0 Å². The van der Waals surface area contributed by atoms with Gasteiger partial charge >= 0.3 is 6.09 Å². The number of likely N-dealkylation sites (N-methyl/N-ethyl adjacent to an activating group) is 1. The van der Waals surface area contributed by atoms with Gasteiger partial charge in [0.25, 0.3) is 0 Å². The van der Waals surface area contributed by atoms with Gasteiger partial charge in [0.1, 0.15) is 5.60 Å². The van der Waals surface area contributed by atoms with Gasteiger partial charge in [0.05, 0.1) is 12.4 Å². The maximum absolute atomic E-state index is 11.7. The number of thioether (sulfide) groups is 1. The van der Waals surface area contributed by atoms with E-state index in [2.05, 4.69) is 5.32 Å². The lowest BCUT2D eigenvalue weighted by atomic mass is 10.2. The number of hydrogen-bond acceptors (Lipinski definition) is 5. The fraction of sp³-hybridized carbons (Fsp3) is 0.846. The molecule has 2 N–H and O–H groups in total. The molecule has 0 fully saturated rings. The molecular formula is C13H26N2O4S. The first kappa shape index (κ1) is 19.1. The fourth-order valence-corrected chi connectivity index (χ4v) is 2.12. The molecule has 0 aromatic heterocycles. The zero-order valence-corrected chi connectivity index (χ0v) is 13.6. The number of amides is 2. The molecule has 0 aliphatic heterocycles. The van der Waals surface area contributed by atoms with Crippen LogP contribution in [-0.4, -0.2) is 65.4 Å². The molecule has 0 spiro atoms. The van der Waals surface area contributed by atoms with Gasteiger partial charge in [0, 0.05) is 25.4 Å². The van der Waals surface area contributed by atoms with Crippen molar-refractivity contribution in [1.29, 1.82) is 0 Å². The summed E-state index contributed by atoms with van der Waals surface area (Å²) < 4.78 is 5.09. The highest BCUT2D eigenvalue weighted by Gasteiger charge is 2.15. The minimum absolute atomic E-state index is 0.00354. The Labute approximate surface area is 125 Å². The number of alkyl carbamates (subject to hydrolysis) is 1. The number of carbonyl (C=O) groups excluding carboxylic acids is 2. The number of ether oxygens (including phenoxy) is 1. The van der Waals surface area contributed by atoms with Gasteiger partial charge in [-0.3, -0.25) is 4.79 Å². The van der Waals surface area contributed by atoms with Gasteiger partial charge in [0.15, 0.2) is 0 Å². The van der Waals surface area contributed by atoms with Crippen LogP contribution in [0, 0.1) is 0 Å². The topological polar surface area (TPSA) is 78.9 Å². The number of carbonyl (C=O) groups is 2. The molecule has 6 nitrogen and oxygen atoms in total. The van der Waals surface area contributed by atoms with Crippen LogP contribution in [0.3, 0.4) is 0 Å². The molecule has 0 atom stereocenters.